The first-order chi connectivity index (χ1) is 17.1. The van der Waals surface area contributed by atoms with Crippen LogP contribution < -0.4 is 5.32 Å². The Bertz CT molecular complexity index is 1450. The average molecular weight is 465 g/mol. The maximum atomic E-state index is 13.5. The molecule has 0 radical (unpaired) electrons. The van der Waals surface area contributed by atoms with Gasteiger partial charge in [0.25, 0.3) is 5.91 Å². The molecule has 1 amide bonds. The van der Waals surface area contributed by atoms with E-state index in [4.69, 9.17) is 4.98 Å². The van der Waals surface area contributed by atoms with Crippen LogP contribution in [0.4, 0.5) is 4.39 Å². The SMILES string of the molecule is C[C@H](CCc1ccccc1)NC(=O)c1cc(-c2ccc(F)cc2)nc2cc(-c3ccccc3)nn12. The van der Waals surface area contributed by atoms with Crippen molar-refractivity contribution in [3.8, 4) is 22.5 Å². The molecule has 0 aliphatic rings. The topological polar surface area (TPSA) is 59.3 Å². The summed E-state index contributed by atoms with van der Waals surface area (Å²) < 4.78 is 15.1. The Balaban J connectivity index is 1.48. The van der Waals surface area contributed by atoms with Crippen molar-refractivity contribution in [3.63, 3.8) is 0 Å². The molecule has 5 rings (SSSR count). The lowest BCUT2D eigenvalue weighted by atomic mass is 10.1. The van der Waals surface area contributed by atoms with Gasteiger partial charge in [0.05, 0.1) is 11.4 Å². The van der Waals surface area contributed by atoms with Gasteiger partial charge in [-0.1, -0.05) is 60.7 Å². The summed E-state index contributed by atoms with van der Waals surface area (Å²) in [5.74, 6) is -0.556. The highest BCUT2D eigenvalue weighted by Crippen LogP contribution is 2.24. The smallest absolute Gasteiger partial charge is 0.270 e. The van der Waals surface area contributed by atoms with E-state index in [-0.39, 0.29) is 17.8 Å². The van der Waals surface area contributed by atoms with E-state index in [1.165, 1.54) is 17.7 Å². The van der Waals surface area contributed by atoms with E-state index in [1.54, 1.807) is 22.7 Å². The summed E-state index contributed by atoms with van der Waals surface area (Å²) in [6, 6.07) is 29.6. The summed E-state index contributed by atoms with van der Waals surface area (Å²) in [6.45, 7) is 2.00. The minimum atomic E-state index is -0.323. The molecule has 0 aliphatic heterocycles. The zero-order valence-corrected chi connectivity index (χ0v) is 19.4. The van der Waals surface area contributed by atoms with E-state index >= 15 is 0 Å². The lowest BCUT2D eigenvalue weighted by Gasteiger charge is -2.15. The number of benzene rings is 3. The second-order valence-electron chi connectivity index (χ2n) is 8.60. The standard InChI is InChI=1S/C29H25FN4O/c1-20(12-13-21-8-4-2-5-9-21)31-29(35)27-18-25(23-14-16-24(30)17-15-23)32-28-19-26(33-34(27)28)22-10-6-3-7-11-22/h2-11,14-20H,12-13H2,1H3,(H,31,35)/t20-/m1/s1. The van der Waals surface area contributed by atoms with Crippen molar-refractivity contribution in [1.29, 1.82) is 0 Å². The molecular weight excluding hydrogens is 439 g/mol. The molecule has 5 nitrogen and oxygen atoms in total. The highest BCUT2D eigenvalue weighted by molar-refractivity contribution is 5.94. The minimum Gasteiger partial charge on any atom is -0.348 e. The van der Waals surface area contributed by atoms with Gasteiger partial charge in [-0.05, 0) is 55.7 Å². The number of carbonyl (C=O) groups is 1. The van der Waals surface area contributed by atoms with Crippen molar-refractivity contribution in [1.82, 2.24) is 19.9 Å². The summed E-state index contributed by atoms with van der Waals surface area (Å²) in [4.78, 5) is 18.1. The molecule has 0 saturated carbocycles. The van der Waals surface area contributed by atoms with Gasteiger partial charge in [-0.25, -0.2) is 13.9 Å². The van der Waals surface area contributed by atoms with Gasteiger partial charge in [-0.3, -0.25) is 4.79 Å². The number of nitrogens with zero attached hydrogens (tertiary/aromatic N) is 3. The molecule has 0 unspecified atom stereocenters. The molecule has 5 aromatic rings. The van der Waals surface area contributed by atoms with Crippen LogP contribution in [0.3, 0.4) is 0 Å². The lowest BCUT2D eigenvalue weighted by Crippen LogP contribution is -2.34. The molecule has 1 N–H and O–H groups in total. The fraction of sp³-hybridized carbons (Fsp3) is 0.138. The van der Waals surface area contributed by atoms with E-state index in [1.807, 2.05) is 61.5 Å². The van der Waals surface area contributed by atoms with E-state index in [2.05, 4.69) is 22.5 Å². The normalized spacial score (nSPS) is 11.9. The summed E-state index contributed by atoms with van der Waals surface area (Å²) in [7, 11) is 0. The van der Waals surface area contributed by atoms with E-state index in [0.29, 0.717) is 17.0 Å². The van der Waals surface area contributed by atoms with Crippen LogP contribution in [0.1, 0.15) is 29.4 Å². The number of carbonyl (C=O) groups excluding carboxylic acids is 1. The van der Waals surface area contributed by atoms with Gasteiger partial charge in [0.2, 0.25) is 0 Å². The van der Waals surface area contributed by atoms with Crippen LogP contribution in [0.25, 0.3) is 28.2 Å². The Morgan fingerprint density at radius 1 is 0.886 bits per heavy atom. The third-order valence-corrected chi connectivity index (χ3v) is 5.96. The largest absolute Gasteiger partial charge is 0.348 e. The van der Waals surface area contributed by atoms with Crippen LogP contribution in [0, 0.1) is 5.82 Å². The maximum Gasteiger partial charge on any atom is 0.270 e. The highest BCUT2D eigenvalue weighted by atomic mass is 19.1. The predicted octanol–water partition coefficient (Wildman–Crippen LogP) is 5.95. The quantitative estimate of drug-likeness (QED) is 0.324. The van der Waals surface area contributed by atoms with Crippen LogP contribution in [0.15, 0.2) is 97.1 Å². The Kier molecular flexibility index (Phi) is 6.35. The van der Waals surface area contributed by atoms with Crippen molar-refractivity contribution in [3.05, 3.63) is 114 Å². The second-order valence-corrected chi connectivity index (χ2v) is 8.60. The molecule has 2 aromatic heterocycles. The molecule has 0 spiro atoms. The van der Waals surface area contributed by atoms with Gasteiger partial charge in [0.1, 0.15) is 11.5 Å². The molecule has 174 valence electrons. The highest BCUT2D eigenvalue weighted by Gasteiger charge is 2.19. The lowest BCUT2D eigenvalue weighted by molar-refractivity contribution is 0.0931. The number of aromatic nitrogens is 3. The summed E-state index contributed by atoms with van der Waals surface area (Å²) >= 11 is 0. The third-order valence-electron chi connectivity index (χ3n) is 5.96. The van der Waals surface area contributed by atoms with Gasteiger partial charge in [0.15, 0.2) is 5.65 Å². The number of aryl methyl sites for hydroxylation is 1. The predicted molar refractivity (Wildman–Crippen MR) is 136 cm³/mol. The van der Waals surface area contributed by atoms with Gasteiger partial charge < -0.3 is 5.32 Å². The number of halogens is 1. The molecule has 3 aromatic carbocycles. The first kappa shape index (κ1) is 22.5. The van der Waals surface area contributed by atoms with Gasteiger partial charge in [0, 0.05) is 23.2 Å². The number of amides is 1. The monoisotopic (exact) mass is 464 g/mol. The van der Waals surface area contributed by atoms with Gasteiger partial charge in [-0.15, -0.1) is 0 Å². The molecule has 2 heterocycles. The van der Waals surface area contributed by atoms with Crippen LogP contribution in [0.2, 0.25) is 0 Å². The summed E-state index contributed by atoms with van der Waals surface area (Å²) in [5.41, 5.74) is 5.12. The van der Waals surface area contributed by atoms with Crippen molar-refractivity contribution in [2.45, 2.75) is 25.8 Å². The summed E-state index contributed by atoms with van der Waals surface area (Å²) in [6.07, 6.45) is 1.68. The molecule has 0 saturated heterocycles. The van der Waals surface area contributed by atoms with Crippen molar-refractivity contribution in [2.75, 3.05) is 0 Å². The molecular formula is C29H25FN4O. The number of hydrogen-bond acceptors (Lipinski definition) is 3. The van der Waals surface area contributed by atoms with Crippen molar-refractivity contribution >= 4 is 11.6 Å². The number of rotatable bonds is 7. The Hall–Kier alpha value is -4.32. The molecule has 35 heavy (non-hydrogen) atoms. The zero-order valence-electron chi connectivity index (χ0n) is 19.4. The van der Waals surface area contributed by atoms with E-state index < -0.39 is 0 Å². The fourth-order valence-corrected chi connectivity index (χ4v) is 4.05. The van der Waals surface area contributed by atoms with Gasteiger partial charge >= 0.3 is 0 Å². The van der Waals surface area contributed by atoms with Crippen LogP contribution in [-0.4, -0.2) is 26.5 Å². The number of hydrogen-bond donors (Lipinski definition) is 1. The van der Waals surface area contributed by atoms with Crippen molar-refractivity contribution < 1.29 is 9.18 Å². The Morgan fingerprint density at radius 3 is 2.26 bits per heavy atom. The minimum absolute atomic E-state index is 0.0376. The molecule has 1 atom stereocenters. The first-order valence-electron chi connectivity index (χ1n) is 11.6. The van der Waals surface area contributed by atoms with Gasteiger partial charge in [-0.2, -0.15) is 5.10 Å². The molecule has 0 aliphatic carbocycles. The van der Waals surface area contributed by atoms with E-state index in [9.17, 15) is 9.18 Å². The number of fused-ring (bicyclic) bond motifs is 1. The Morgan fingerprint density at radius 2 is 1.54 bits per heavy atom. The molecule has 6 heteroatoms. The maximum absolute atomic E-state index is 13.5. The zero-order chi connectivity index (χ0) is 24.2. The van der Waals surface area contributed by atoms with Crippen LogP contribution in [0.5, 0.6) is 0 Å². The van der Waals surface area contributed by atoms with Crippen LogP contribution >= 0.6 is 0 Å². The molecule has 0 fully saturated rings. The average Bonchev–Trinajstić information content (AvgIpc) is 3.33. The molecule has 0 bridgehead atoms. The first-order valence-corrected chi connectivity index (χ1v) is 11.6. The second kappa shape index (κ2) is 9.89. The fourth-order valence-electron chi connectivity index (χ4n) is 4.05. The summed E-state index contributed by atoms with van der Waals surface area (Å²) in [5, 5.41) is 7.79. The van der Waals surface area contributed by atoms with E-state index in [0.717, 1.165) is 29.7 Å². The van der Waals surface area contributed by atoms with Crippen molar-refractivity contribution in [2.24, 2.45) is 0 Å². The number of nitrogens with one attached hydrogen (secondary N) is 1. The third kappa shape index (κ3) is 5.11. The van der Waals surface area contributed by atoms with Crippen LogP contribution in [-0.2, 0) is 6.42 Å². The Labute approximate surface area is 203 Å².